The summed E-state index contributed by atoms with van der Waals surface area (Å²) in [6, 6.07) is 21.0. The summed E-state index contributed by atoms with van der Waals surface area (Å²) in [7, 11) is 0. The average Bonchev–Trinajstić information content (AvgIpc) is 3.34. The van der Waals surface area contributed by atoms with Crippen LogP contribution in [0.25, 0.3) is 0 Å². The molecule has 0 aliphatic rings. The van der Waals surface area contributed by atoms with Crippen molar-refractivity contribution in [2.24, 2.45) is 0 Å². The first-order valence-electron chi connectivity index (χ1n) is 10.7. The number of aromatic nitrogens is 4. The third kappa shape index (κ3) is 5.28. The number of nitrogens with zero attached hydrogens (tertiary/aromatic N) is 2. The molecular weight excluding hydrogens is 472 g/mol. The molecular formula is C24H18N4O8. The van der Waals surface area contributed by atoms with Crippen molar-refractivity contribution in [3.8, 4) is 23.0 Å². The van der Waals surface area contributed by atoms with E-state index >= 15 is 0 Å². The second-order valence-corrected chi connectivity index (χ2v) is 7.66. The Bertz CT molecular complexity index is 1590. The van der Waals surface area contributed by atoms with Gasteiger partial charge in [-0.3, -0.25) is 0 Å². The van der Waals surface area contributed by atoms with Crippen molar-refractivity contribution in [3.05, 3.63) is 126 Å². The van der Waals surface area contributed by atoms with Gasteiger partial charge in [-0.1, -0.05) is 30.3 Å². The van der Waals surface area contributed by atoms with Gasteiger partial charge < -0.3 is 18.5 Å². The van der Waals surface area contributed by atoms with Gasteiger partial charge in [-0.15, -0.1) is 9.48 Å². The van der Waals surface area contributed by atoms with Crippen LogP contribution in [0.2, 0.25) is 0 Å². The molecule has 0 saturated heterocycles. The highest BCUT2D eigenvalue weighted by Crippen LogP contribution is 2.28. The quantitative estimate of drug-likeness (QED) is 0.336. The molecule has 36 heavy (non-hydrogen) atoms. The number of hydrogen-bond acceptors (Lipinski definition) is 8. The number of ether oxygens (including phenoxy) is 2. The molecule has 12 heteroatoms. The third-order valence-corrected chi connectivity index (χ3v) is 5.03. The SMILES string of the molecule is O=c1[nH]c(=O)n(Cc2ccc(Oc3cccc(Oc4ccc(Cn5oc(=O)[nH]c5=O)cc4)c3)cc2)o1. The lowest BCUT2D eigenvalue weighted by Gasteiger charge is -2.10. The van der Waals surface area contributed by atoms with E-state index in [4.69, 9.17) is 18.5 Å². The summed E-state index contributed by atoms with van der Waals surface area (Å²) in [5.74, 6) is 0.616. The first-order chi connectivity index (χ1) is 17.4. The molecule has 2 heterocycles. The van der Waals surface area contributed by atoms with E-state index in [9.17, 15) is 19.2 Å². The highest BCUT2D eigenvalue weighted by atomic mass is 16.5. The molecule has 12 nitrogen and oxygen atoms in total. The standard InChI is InChI=1S/C24H18N4O8/c29-21-25-23(31)35-27(21)13-15-4-8-17(9-5-15)33-19-2-1-3-20(12-19)34-18-10-6-16(7-11-18)14-28-22(30)26-24(32)36-28/h1-12H,13-14H2,(H,25,29,31)(H,26,30,32). The number of hydrogen-bond donors (Lipinski definition) is 2. The van der Waals surface area contributed by atoms with Gasteiger partial charge in [0.15, 0.2) is 0 Å². The van der Waals surface area contributed by atoms with Crippen molar-refractivity contribution in [3.63, 3.8) is 0 Å². The van der Waals surface area contributed by atoms with Crippen LogP contribution < -0.4 is 32.4 Å². The van der Waals surface area contributed by atoms with Crippen molar-refractivity contribution in [1.29, 1.82) is 0 Å². The first kappa shape index (κ1) is 22.5. The highest BCUT2D eigenvalue weighted by molar-refractivity contribution is 5.40. The minimum absolute atomic E-state index is 0.107. The van der Waals surface area contributed by atoms with Crippen LogP contribution in [-0.2, 0) is 13.1 Å². The monoisotopic (exact) mass is 490 g/mol. The zero-order valence-electron chi connectivity index (χ0n) is 18.5. The maximum absolute atomic E-state index is 11.6. The number of nitrogens with one attached hydrogen (secondary N) is 2. The molecule has 3 aromatic carbocycles. The summed E-state index contributed by atoms with van der Waals surface area (Å²) >= 11 is 0. The lowest BCUT2D eigenvalue weighted by atomic mass is 10.2. The van der Waals surface area contributed by atoms with Gasteiger partial charge in [-0.05, 0) is 47.5 Å². The molecule has 182 valence electrons. The Kier molecular flexibility index (Phi) is 5.97. The van der Waals surface area contributed by atoms with Crippen molar-refractivity contribution in [2.75, 3.05) is 0 Å². The smallest absolute Gasteiger partial charge is 0.440 e. The summed E-state index contributed by atoms with van der Waals surface area (Å²) in [5.41, 5.74) is 0.264. The van der Waals surface area contributed by atoms with Crippen LogP contribution >= 0.6 is 0 Å². The van der Waals surface area contributed by atoms with Gasteiger partial charge in [-0.25, -0.2) is 29.1 Å². The fourth-order valence-electron chi connectivity index (χ4n) is 3.37. The molecule has 0 unspecified atom stereocenters. The molecule has 5 rings (SSSR count). The summed E-state index contributed by atoms with van der Waals surface area (Å²) in [6.07, 6.45) is 0. The van der Waals surface area contributed by atoms with Crippen LogP contribution in [0.3, 0.4) is 0 Å². The minimum atomic E-state index is -0.804. The Morgan fingerprint density at radius 1 is 0.583 bits per heavy atom. The molecule has 0 atom stereocenters. The molecule has 2 aromatic heterocycles. The second kappa shape index (κ2) is 9.54. The Balaban J connectivity index is 1.22. The zero-order chi connectivity index (χ0) is 25.1. The van der Waals surface area contributed by atoms with Gasteiger partial charge in [0.2, 0.25) is 0 Å². The molecule has 0 bridgehead atoms. The van der Waals surface area contributed by atoms with Gasteiger partial charge in [0, 0.05) is 6.07 Å². The van der Waals surface area contributed by atoms with E-state index in [-0.39, 0.29) is 13.1 Å². The highest BCUT2D eigenvalue weighted by Gasteiger charge is 2.07. The average molecular weight is 490 g/mol. The van der Waals surface area contributed by atoms with E-state index in [2.05, 4.69) is 0 Å². The molecule has 0 amide bonds. The lowest BCUT2D eigenvalue weighted by molar-refractivity contribution is 0.258. The number of aromatic amines is 2. The van der Waals surface area contributed by atoms with Gasteiger partial charge in [0.05, 0.1) is 13.1 Å². The van der Waals surface area contributed by atoms with Crippen LogP contribution in [0.1, 0.15) is 11.1 Å². The summed E-state index contributed by atoms with van der Waals surface area (Å²) < 4.78 is 23.2. The zero-order valence-corrected chi connectivity index (χ0v) is 18.5. The topological polar surface area (TPSA) is 154 Å². The maximum Gasteiger partial charge on any atom is 0.440 e. The van der Waals surface area contributed by atoms with E-state index in [1.54, 1.807) is 72.8 Å². The normalized spacial score (nSPS) is 10.9. The van der Waals surface area contributed by atoms with E-state index in [1.165, 1.54) is 0 Å². The van der Waals surface area contributed by atoms with Crippen LogP contribution in [0, 0.1) is 0 Å². The number of benzene rings is 3. The molecule has 0 fully saturated rings. The molecule has 0 spiro atoms. The van der Waals surface area contributed by atoms with Gasteiger partial charge in [0.1, 0.15) is 23.0 Å². The van der Waals surface area contributed by atoms with E-state index in [0.717, 1.165) is 20.6 Å². The van der Waals surface area contributed by atoms with E-state index in [1.807, 2.05) is 9.97 Å². The molecule has 0 saturated carbocycles. The predicted octanol–water partition coefficient (Wildman–Crippen LogP) is 2.25. The fraction of sp³-hybridized carbons (Fsp3) is 0.0833. The molecule has 5 aromatic rings. The Morgan fingerprint density at radius 2 is 1.00 bits per heavy atom. The fourth-order valence-corrected chi connectivity index (χ4v) is 3.37. The minimum Gasteiger partial charge on any atom is -0.457 e. The predicted molar refractivity (Wildman–Crippen MR) is 125 cm³/mol. The van der Waals surface area contributed by atoms with Crippen LogP contribution in [-0.4, -0.2) is 19.4 Å². The Hall–Kier alpha value is -5.26. The summed E-state index contributed by atoms with van der Waals surface area (Å²) in [6.45, 7) is 0.215. The molecule has 0 aliphatic carbocycles. The van der Waals surface area contributed by atoms with Crippen LogP contribution in [0.5, 0.6) is 23.0 Å². The largest absolute Gasteiger partial charge is 0.457 e. The maximum atomic E-state index is 11.6. The van der Waals surface area contributed by atoms with Crippen LogP contribution in [0.15, 0.2) is 101 Å². The van der Waals surface area contributed by atoms with Crippen molar-refractivity contribution in [2.45, 2.75) is 13.1 Å². The number of rotatable bonds is 8. The van der Waals surface area contributed by atoms with Crippen molar-refractivity contribution < 1.29 is 18.5 Å². The Labute approximate surface area is 200 Å². The van der Waals surface area contributed by atoms with Crippen molar-refractivity contribution >= 4 is 0 Å². The lowest BCUT2D eigenvalue weighted by Crippen LogP contribution is -2.17. The van der Waals surface area contributed by atoms with Gasteiger partial charge in [0.25, 0.3) is 0 Å². The van der Waals surface area contributed by atoms with Crippen LogP contribution in [0.4, 0.5) is 0 Å². The summed E-state index contributed by atoms with van der Waals surface area (Å²) in [5, 5.41) is 0. The van der Waals surface area contributed by atoms with Gasteiger partial charge >= 0.3 is 22.9 Å². The second-order valence-electron chi connectivity index (χ2n) is 7.66. The first-order valence-corrected chi connectivity index (χ1v) is 10.7. The van der Waals surface area contributed by atoms with Gasteiger partial charge in [-0.2, -0.15) is 0 Å². The van der Waals surface area contributed by atoms with Crippen molar-refractivity contribution in [1.82, 2.24) is 19.4 Å². The Morgan fingerprint density at radius 3 is 1.36 bits per heavy atom. The summed E-state index contributed by atoms with van der Waals surface area (Å²) in [4.78, 5) is 49.4. The molecule has 0 radical (unpaired) electrons. The number of H-pyrrole nitrogens is 2. The van der Waals surface area contributed by atoms with E-state index in [0.29, 0.717) is 23.0 Å². The van der Waals surface area contributed by atoms with E-state index < -0.39 is 22.9 Å². The molecule has 0 aliphatic heterocycles. The molecule has 2 N–H and O–H groups in total. The third-order valence-electron chi connectivity index (χ3n) is 5.03.